The number of likely N-dealkylation sites (tertiary alicyclic amines) is 2. The number of hydrogen-bond acceptors (Lipinski definition) is 11. The fraction of sp³-hybridized carbons (Fsp3) is 0.705. The van der Waals surface area contributed by atoms with Crippen LogP contribution in [0.5, 0.6) is 23.0 Å². The second-order valence-electron chi connectivity index (χ2n) is 19.6. The van der Waals surface area contributed by atoms with Gasteiger partial charge in [0.2, 0.25) is 0 Å². The summed E-state index contributed by atoms with van der Waals surface area (Å²) < 4.78 is 33.3. The second-order valence-corrected chi connectivity index (χ2v) is 19.6. The Morgan fingerprint density at radius 1 is 0.691 bits per heavy atom. The van der Waals surface area contributed by atoms with Crippen molar-refractivity contribution in [2.24, 2.45) is 16.8 Å². The van der Waals surface area contributed by atoms with Gasteiger partial charge in [-0.2, -0.15) is 0 Å². The van der Waals surface area contributed by atoms with Gasteiger partial charge in [0.1, 0.15) is 23.4 Å². The minimum atomic E-state index is -1.55. The number of nitrogens with zero attached hydrogens (tertiary/aromatic N) is 3. The number of piperidine rings is 2. The third-order valence-corrected chi connectivity index (χ3v) is 17.3. The highest BCUT2D eigenvalue weighted by molar-refractivity contribution is 5.76. The van der Waals surface area contributed by atoms with E-state index in [4.69, 9.17) is 28.7 Å². The molecule has 292 valence electrons. The summed E-state index contributed by atoms with van der Waals surface area (Å²) in [6, 6.07) is 8.27. The first-order valence-electron chi connectivity index (χ1n) is 21.2. The zero-order valence-electron chi connectivity index (χ0n) is 32.0. The summed E-state index contributed by atoms with van der Waals surface area (Å²) in [5.41, 5.74) is -1.68. The predicted octanol–water partition coefficient (Wildman–Crippen LogP) is 3.43. The van der Waals surface area contributed by atoms with E-state index in [0.717, 1.165) is 68.2 Å². The van der Waals surface area contributed by atoms with E-state index in [1.165, 1.54) is 36.8 Å². The van der Waals surface area contributed by atoms with E-state index in [-0.39, 0.29) is 18.5 Å². The van der Waals surface area contributed by atoms with E-state index in [9.17, 15) is 15.3 Å². The first-order valence-corrected chi connectivity index (χ1v) is 21.2. The molecule has 4 bridgehead atoms. The van der Waals surface area contributed by atoms with Gasteiger partial charge in [-0.3, -0.25) is 14.8 Å². The van der Waals surface area contributed by atoms with Crippen LogP contribution in [0.4, 0.5) is 0 Å². The standard InChI is InChI=1S/C44H53N3O8/c1-51-28-9-7-26-19-30-43(49)13-11-39(36-40(43,32(26)34(28)53-36)15-17-46(30)21-24-3-4-24)23-45-38(55-39)42(48)12-14-44(50)31-20-27-8-10-29(52-2)35-33(27)41(44,37(42)54-35)16-18-47(31)22-25-5-6-25/h7-10,23-25,30-31,36-38,48-50H,3-6,11-22H2,1-2H3/t30-,31+,36-,37+,38+,39+,40-,41-,42-,43+,44+/m0/s1. The lowest BCUT2D eigenvalue weighted by Gasteiger charge is -2.66. The van der Waals surface area contributed by atoms with Crippen LogP contribution in [-0.2, 0) is 28.4 Å². The summed E-state index contributed by atoms with van der Waals surface area (Å²) >= 11 is 0. The lowest BCUT2D eigenvalue weighted by atomic mass is 9.46. The Bertz CT molecular complexity index is 2070. The number of benzene rings is 2. The molecule has 13 rings (SSSR count). The molecule has 0 radical (unpaired) electrons. The molecule has 5 heterocycles. The van der Waals surface area contributed by atoms with Crippen molar-refractivity contribution in [3.63, 3.8) is 0 Å². The van der Waals surface area contributed by atoms with E-state index in [2.05, 4.69) is 21.9 Å². The quantitative estimate of drug-likeness (QED) is 0.388. The van der Waals surface area contributed by atoms with E-state index in [0.29, 0.717) is 48.8 Å². The smallest absolute Gasteiger partial charge is 0.181 e. The van der Waals surface area contributed by atoms with Crippen LogP contribution in [0.15, 0.2) is 29.3 Å². The fourth-order valence-corrected chi connectivity index (χ4v) is 14.5. The van der Waals surface area contributed by atoms with Gasteiger partial charge < -0.3 is 39.0 Å². The molecule has 0 amide bonds. The molecule has 11 atom stereocenters. The maximum absolute atomic E-state index is 13.4. The van der Waals surface area contributed by atoms with Gasteiger partial charge in [0.15, 0.2) is 29.2 Å². The van der Waals surface area contributed by atoms with Gasteiger partial charge in [-0.15, -0.1) is 0 Å². The Kier molecular flexibility index (Phi) is 6.24. The number of aliphatic hydroxyl groups is 3. The third-order valence-electron chi connectivity index (χ3n) is 17.3. The molecule has 5 aliphatic heterocycles. The van der Waals surface area contributed by atoms with Crippen LogP contribution in [0.1, 0.15) is 86.5 Å². The zero-order chi connectivity index (χ0) is 36.9. The Morgan fingerprint density at radius 3 is 1.76 bits per heavy atom. The number of aliphatic imine (C=N–C) groups is 1. The lowest BCUT2D eigenvalue weighted by Crippen LogP contribution is -2.81. The minimum absolute atomic E-state index is 0.00909. The predicted molar refractivity (Wildman–Crippen MR) is 200 cm³/mol. The molecule has 3 spiro atoms. The largest absolute Gasteiger partial charge is 0.493 e. The number of rotatable bonds is 7. The summed E-state index contributed by atoms with van der Waals surface area (Å²) in [7, 11) is 3.34. The fourth-order valence-electron chi connectivity index (χ4n) is 14.5. The molecule has 0 aromatic heterocycles. The normalized spacial score (nSPS) is 46.6. The van der Waals surface area contributed by atoms with Gasteiger partial charge in [0.05, 0.1) is 36.3 Å². The van der Waals surface area contributed by atoms with Crippen molar-refractivity contribution in [3.8, 4) is 23.0 Å². The molecule has 4 saturated carbocycles. The summed E-state index contributed by atoms with van der Waals surface area (Å²) in [6.07, 6.45) is 9.41. The lowest BCUT2D eigenvalue weighted by molar-refractivity contribution is -0.280. The second kappa shape index (κ2) is 10.4. The van der Waals surface area contributed by atoms with Crippen LogP contribution < -0.4 is 18.9 Å². The molecule has 11 heteroatoms. The maximum atomic E-state index is 13.4. The number of fused-ring (bicyclic) bond motifs is 1. The van der Waals surface area contributed by atoms with Crippen molar-refractivity contribution in [1.29, 1.82) is 0 Å². The van der Waals surface area contributed by atoms with Crippen LogP contribution >= 0.6 is 0 Å². The molecule has 2 aromatic rings. The average Bonchev–Trinajstić information content (AvgIpc) is 4.07. The van der Waals surface area contributed by atoms with Gasteiger partial charge in [0.25, 0.3) is 0 Å². The monoisotopic (exact) mass is 751 g/mol. The highest BCUT2D eigenvalue weighted by Crippen LogP contribution is 2.71. The van der Waals surface area contributed by atoms with Crippen LogP contribution in [0, 0.1) is 11.8 Å². The molecule has 6 fully saturated rings. The van der Waals surface area contributed by atoms with Crippen molar-refractivity contribution in [2.75, 3.05) is 40.4 Å². The number of hydrogen-bond donors (Lipinski definition) is 3. The van der Waals surface area contributed by atoms with Gasteiger partial charge in [-0.25, -0.2) is 0 Å². The summed E-state index contributed by atoms with van der Waals surface area (Å²) in [5, 5.41) is 39.8. The van der Waals surface area contributed by atoms with Gasteiger partial charge >= 0.3 is 0 Å². The van der Waals surface area contributed by atoms with Crippen molar-refractivity contribution < 1.29 is 39.0 Å². The molecule has 11 nitrogen and oxygen atoms in total. The van der Waals surface area contributed by atoms with Crippen LogP contribution in [0.2, 0.25) is 0 Å². The number of methoxy groups -OCH3 is 2. The van der Waals surface area contributed by atoms with E-state index in [1.54, 1.807) is 14.2 Å². The van der Waals surface area contributed by atoms with Crippen molar-refractivity contribution in [2.45, 2.75) is 141 Å². The SMILES string of the molecule is COc1ccc2c3c1O[C@@H]1[C@]34CCN(CC3CC3)[C@@H](C2)[C@]4(O)CC[C@@]12C=N[C@@H]([C@]1(O)CC[C@@]3(O)[C@H]4Cc5ccc(OC)c6c5[C@@]3(CCN4CC3CC3)[C@H]1O6)O2. The molecule has 2 saturated heterocycles. The van der Waals surface area contributed by atoms with Gasteiger partial charge in [-0.05, 0) is 125 Å². The zero-order valence-corrected chi connectivity index (χ0v) is 32.0. The van der Waals surface area contributed by atoms with Crippen molar-refractivity contribution in [1.82, 2.24) is 9.80 Å². The first-order chi connectivity index (χ1) is 26.6. The van der Waals surface area contributed by atoms with Crippen LogP contribution in [0.25, 0.3) is 0 Å². The molecule has 11 aliphatic rings. The Morgan fingerprint density at radius 2 is 1.22 bits per heavy atom. The summed E-state index contributed by atoms with van der Waals surface area (Å²) in [6.45, 7) is 3.78. The van der Waals surface area contributed by atoms with Gasteiger partial charge in [-0.1, -0.05) is 12.1 Å². The van der Waals surface area contributed by atoms with Crippen molar-refractivity contribution >= 4 is 6.21 Å². The third kappa shape index (κ3) is 3.71. The highest BCUT2D eigenvalue weighted by Gasteiger charge is 2.80. The van der Waals surface area contributed by atoms with Crippen molar-refractivity contribution in [3.05, 3.63) is 46.5 Å². The first kappa shape index (κ1) is 33.1. The van der Waals surface area contributed by atoms with Crippen LogP contribution in [0.3, 0.4) is 0 Å². The van der Waals surface area contributed by atoms with E-state index in [1.807, 2.05) is 18.3 Å². The van der Waals surface area contributed by atoms with E-state index >= 15 is 0 Å². The Balaban J connectivity index is 0.898. The molecule has 55 heavy (non-hydrogen) atoms. The topological polar surface area (TPSA) is 126 Å². The summed E-state index contributed by atoms with van der Waals surface area (Å²) in [5.74, 6) is 4.11. The Labute approximate surface area is 321 Å². The summed E-state index contributed by atoms with van der Waals surface area (Å²) in [4.78, 5) is 10.3. The molecular weight excluding hydrogens is 698 g/mol. The molecule has 0 unspecified atom stereocenters. The van der Waals surface area contributed by atoms with Gasteiger partial charge in [0, 0.05) is 42.5 Å². The maximum Gasteiger partial charge on any atom is 0.181 e. The number of ether oxygens (including phenoxy) is 5. The minimum Gasteiger partial charge on any atom is -0.493 e. The highest BCUT2D eigenvalue weighted by atomic mass is 16.6. The molecule has 3 N–H and O–H groups in total. The molecule has 6 aliphatic carbocycles. The molecule has 2 aromatic carbocycles. The Hall–Kier alpha value is -2.93. The average molecular weight is 752 g/mol. The molecular formula is C44H53N3O8. The van der Waals surface area contributed by atoms with E-state index < -0.39 is 51.7 Å². The van der Waals surface area contributed by atoms with Crippen LogP contribution in [-0.4, -0.2) is 125 Å².